The number of ether oxygens (including phenoxy) is 3. The van der Waals surface area contributed by atoms with Gasteiger partial charge in [0.1, 0.15) is 30.9 Å². The molecule has 49 heavy (non-hydrogen) atoms. The van der Waals surface area contributed by atoms with E-state index in [1.165, 1.54) is 0 Å². The van der Waals surface area contributed by atoms with Crippen LogP contribution in [-0.4, -0.2) is 71.7 Å². The topological polar surface area (TPSA) is 145 Å². The highest BCUT2D eigenvalue weighted by atomic mass is 31.2. The molecule has 0 radical (unpaired) electrons. The quantitative estimate of drug-likeness (QED) is 0.0507. The molecule has 264 valence electrons. The summed E-state index contributed by atoms with van der Waals surface area (Å²) in [5.41, 5.74) is 1.52. The standard InChI is InChI=1S/C15H15NO3.C13H13NO2.C8H17O5P/c17-15(18)9-8-13-5-4-10-16(13)11-12-19-14-6-2-1-3-7-14;15-11-12-5-4-8-14(12)9-10-16-13-6-2-1-3-7-13;1-4-11-8(9)7-14(10,12-5-2)13-6-3/h1-10H,11-12H2,(H,17,18);1-8,11H,9-10H2;4-7H2,1-3H3/b9-8+;;. The summed E-state index contributed by atoms with van der Waals surface area (Å²) in [6, 6.07) is 26.6. The number of carboxylic acids is 1. The third-order valence-corrected chi connectivity index (χ3v) is 8.16. The molecular formula is C36H45N2O10P. The number of para-hydroxylation sites is 2. The van der Waals surface area contributed by atoms with Gasteiger partial charge in [-0.2, -0.15) is 0 Å². The van der Waals surface area contributed by atoms with Crippen LogP contribution in [0.5, 0.6) is 11.5 Å². The maximum Gasteiger partial charge on any atom is 0.341 e. The van der Waals surface area contributed by atoms with Gasteiger partial charge in [-0.15, -0.1) is 0 Å². The van der Waals surface area contributed by atoms with Crippen LogP contribution in [0.2, 0.25) is 0 Å². The van der Waals surface area contributed by atoms with Gasteiger partial charge < -0.3 is 37.5 Å². The zero-order valence-corrected chi connectivity index (χ0v) is 29.0. The molecule has 0 aliphatic rings. The number of rotatable bonds is 18. The Hall–Kier alpha value is -4.90. The Morgan fingerprint density at radius 2 is 1.20 bits per heavy atom. The van der Waals surface area contributed by atoms with Crippen LogP contribution in [0.1, 0.15) is 37.0 Å². The zero-order chi connectivity index (χ0) is 35.7. The number of nitrogens with zero attached hydrogens (tertiary/aromatic N) is 2. The lowest BCUT2D eigenvalue weighted by Crippen LogP contribution is -2.12. The monoisotopic (exact) mass is 696 g/mol. The van der Waals surface area contributed by atoms with Crippen molar-refractivity contribution < 1.29 is 47.3 Å². The number of aliphatic carboxylic acids is 1. The van der Waals surface area contributed by atoms with Crippen molar-refractivity contribution in [3.8, 4) is 11.5 Å². The summed E-state index contributed by atoms with van der Waals surface area (Å²) in [4.78, 5) is 32.2. The van der Waals surface area contributed by atoms with Crippen LogP contribution < -0.4 is 9.47 Å². The van der Waals surface area contributed by atoms with Crippen LogP contribution >= 0.6 is 7.60 Å². The minimum Gasteiger partial charge on any atom is -0.492 e. The first-order valence-corrected chi connectivity index (χ1v) is 17.5. The second-order valence-corrected chi connectivity index (χ2v) is 11.8. The smallest absolute Gasteiger partial charge is 0.341 e. The van der Waals surface area contributed by atoms with Crippen molar-refractivity contribution in [3.63, 3.8) is 0 Å². The number of hydrogen-bond donors (Lipinski definition) is 1. The first-order valence-electron chi connectivity index (χ1n) is 15.8. The summed E-state index contributed by atoms with van der Waals surface area (Å²) >= 11 is 0. The average Bonchev–Trinajstić information content (AvgIpc) is 3.75. The van der Waals surface area contributed by atoms with Crippen molar-refractivity contribution in [2.75, 3.05) is 39.2 Å². The van der Waals surface area contributed by atoms with Gasteiger partial charge in [-0.05, 0) is 75.4 Å². The molecule has 13 heteroatoms. The molecule has 0 fully saturated rings. The summed E-state index contributed by atoms with van der Waals surface area (Å²) in [5, 5.41) is 8.61. The predicted octanol–water partition coefficient (Wildman–Crippen LogP) is 6.86. The van der Waals surface area contributed by atoms with Gasteiger partial charge in [0.25, 0.3) is 0 Å². The van der Waals surface area contributed by atoms with Crippen molar-refractivity contribution >= 4 is 31.9 Å². The highest BCUT2D eigenvalue weighted by molar-refractivity contribution is 7.54. The lowest BCUT2D eigenvalue weighted by Gasteiger charge is -2.15. The maximum atomic E-state index is 11.8. The third kappa shape index (κ3) is 16.7. The lowest BCUT2D eigenvalue weighted by atomic mass is 10.3. The number of benzene rings is 2. The number of carbonyl (C=O) groups is 3. The van der Waals surface area contributed by atoms with Crippen molar-refractivity contribution in [1.82, 2.24) is 9.13 Å². The minimum atomic E-state index is -3.28. The van der Waals surface area contributed by atoms with Crippen molar-refractivity contribution in [2.24, 2.45) is 0 Å². The van der Waals surface area contributed by atoms with Gasteiger partial charge in [0.2, 0.25) is 0 Å². The first kappa shape index (κ1) is 40.3. The third-order valence-electron chi connectivity index (χ3n) is 6.21. The molecule has 0 spiro atoms. The molecule has 0 bridgehead atoms. The van der Waals surface area contributed by atoms with Gasteiger partial charge >= 0.3 is 19.5 Å². The van der Waals surface area contributed by atoms with Gasteiger partial charge in [-0.3, -0.25) is 14.2 Å². The fourth-order valence-electron chi connectivity index (χ4n) is 4.12. The Morgan fingerprint density at radius 3 is 1.65 bits per heavy atom. The number of carbonyl (C=O) groups excluding carboxylic acids is 2. The largest absolute Gasteiger partial charge is 0.492 e. The second kappa shape index (κ2) is 23.4. The van der Waals surface area contributed by atoms with E-state index < -0.39 is 19.5 Å². The zero-order valence-electron chi connectivity index (χ0n) is 28.1. The number of esters is 1. The molecule has 4 aromatic rings. The van der Waals surface area contributed by atoms with E-state index in [-0.39, 0.29) is 26.0 Å². The summed E-state index contributed by atoms with van der Waals surface area (Å²) in [7, 11) is -3.28. The molecule has 0 atom stereocenters. The fraction of sp³-hybridized carbons (Fsp3) is 0.306. The van der Waals surface area contributed by atoms with E-state index in [4.69, 9.17) is 23.6 Å². The maximum absolute atomic E-state index is 11.8. The van der Waals surface area contributed by atoms with Crippen LogP contribution in [0.25, 0.3) is 6.08 Å². The number of carboxylic acid groups (broad SMARTS) is 1. The second-order valence-electron chi connectivity index (χ2n) is 9.77. The number of aromatic nitrogens is 2. The molecule has 0 aliphatic heterocycles. The van der Waals surface area contributed by atoms with Gasteiger partial charge in [0.05, 0.1) is 38.6 Å². The summed E-state index contributed by atoms with van der Waals surface area (Å²) in [6.07, 6.45) is 7.01. The average molecular weight is 697 g/mol. The van der Waals surface area contributed by atoms with Gasteiger partial charge in [0, 0.05) is 24.2 Å². The summed E-state index contributed by atoms with van der Waals surface area (Å²) < 4.78 is 41.2. The van der Waals surface area contributed by atoms with E-state index in [0.717, 1.165) is 29.6 Å². The molecule has 0 saturated heterocycles. The van der Waals surface area contributed by atoms with E-state index in [2.05, 4.69) is 4.74 Å². The molecule has 2 heterocycles. The Labute approximate surface area is 287 Å². The first-order chi connectivity index (χ1) is 23.7. The van der Waals surface area contributed by atoms with Gasteiger partial charge in [0.15, 0.2) is 6.29 Å². The lowest BCUT2D eigenvalue weighted by molar-refractivity contribution is -0.140. The Bertz CT molecular complexity index is 1580. The van der Waals surface area contributed by atoms with Crippen LogP contribution in [-0.2, 0) is 41.0 Å². The van der Waals surface area contributed by atoms with Gasteiger partial charge in [-0.1, -0.05) is 36.4 Å². The molecule has 0 amide bonds. The van der Waals surface area contributed by atoms with Crippen molar-refractivity contribution in [3.05, 3.63) is 115 Å². The van der Waals surface area contributed by atoms with E-state index >= 15 is 0 Å². The normalized spacial score (nSPS) is 10.7. The minimum absolute atomic E-state index is 0.247. The van der Waals surface area contributed by atoms with Crippen LogP contribution in [0.15, 0.2) is 103 Å². The SMILES string of the molecule is CCOC(=O)CP(=O)(OCC)OCC.O=C(O)/C=C/c1cccn1CCOc1ccccc1.O=Cc1cccn1CCOc1ccccc1. The fourth-order valence-corrected chi connectivity index (χ4v) is 5.57. The summed E-state index contributed by atoms with van der Waals surface area (Å²) in [5.74, 6) is 0.172. The van der Waals surface area contributed by atoms with Crippen LogP contribution in [0, 0.1) is 0 Å². The predicted molar refractivity (Wildman–Crippen MR) is 187 cm³/mol. The Morgan fingerprint density at radius 1 is 0.714 bits per heavy atom. The number of hydrogen-bond acceptors (Lipinski definition) is 9. The summed E-state index contributed by atoms with van der Waals surface area (Å²) in [6.45, 7) is 8.26. The van der Waals surface area contributed by atoms with E-state index in [0.29, 0.717) is 32.0 Å². The van der Waals surface area contributed by atoms with E-state index in [1.807, 2.05) is 100 Å². The van der Waals surface area contributed by atoms with Crippen LogP contribution in [0.4, 0.5) is 0 Å². The molecule has 2 aromatic carbocycles. The van der Waals surface area contributed by atoms with Crippen molar-refractivity contribution in [2.45, 2.75) is 33.9 Å². The van der Waals surface area contributed by atoms with E-state index in [9.17, 15) is 18.9 Å². The molecule has 0 aliphatic carbocycles. The molecule has 0 saturated carbocycles. The molecule has 2 aromatic heterocycles. The molecule has 12 nitrogen and oxygen atoms in total. The Kier molecular flexibility index (Phi) is 19.3. The molecule has 1 N–H and O–H groups in total. The highest BCUT2D eigenvalue weighted by Gasteiger charge is 2.28. The molecular weight excluding hydrogens is 651 g/mol. The van der Waals surface area contributed by atoms with Gasteiger partial charge in [-0.25, -0.2) is 4.79 Å². The highest BCUT2D eigenvalue weighted by Crippen LogP contribution is 2.47. The Balaban J connectivity index is 0.000000259. The number of aldehydes is 1. The molecule has 4 rings (SSSR count). The molecule has 0 unspecified atom stereocenters. The van der Waals surface area contributed by atoms with E-state index in [1.54, 1.807) is 32.9 Å². The van der Waals surface area contributed by atoms with Crippen LogP contribution in [0.3, 0.4) is 0 Å². The van der Waals surface area contributed by atoms with Crippen molar-refractivity contribution in [1.29, 1.82) is 0 Å².